The van der Waals surface area contributed by atoms with Gasteiger partial charge >= 0.3 is 0 Å². The van der Waals surface area contributed by atoms with Crippen molar-refractivity contribution in [3.63, 3.8) is 0 Å². The monoisotopic (exact) mass is 431 g/mol. The molecule has 0 aliphatic carbocycles. The van der Waals surface area contributed by atoms with E-state index in [2.05, 4.69) is 10.3 Å². The zero-order chi connectivity index (χ0) is 21.3. The van der Waals surface area contributed by atoms with E-state index in [0.717, 1.165) is 22.7 Å². The highest BCUT2D eigenvalue weighted by atomic mass is 32.1. The molecule has 2 amide bonds. The van der Waals surface area contributed by atoms with Crippen LogP contribution in [0.2, 0.25) is 0 Å². The Labute approximate surface area is 181 Å². The second kappa shape index (κ2) is 11.1. The minimum Gasteiger partial charge on any atom is -0.494 e. The minimum atomic E-state index is -0.0672. The van der Waals surface area contributed by atoms with Crippen molar-refractivity contribution in [1.82, 2.24) is 15.2 Å². The Kier molecular flexibility index (Phi) is 8.21. The lowest BCUT2D eigenvalue weighted by molar-refractivity contribution is -0.126. The number of nitrogens with zero attached hydrogens (tertiary/aromatic N) is 2. The highest BCUT2D eigenvalue weighted by Crippen LogP contribution is 2.27. The molecule has 1 fully saturated rings. The number of piperidine rings is 1. The van der Waals surface area contributed by atoms with Crippen LogP contribution in [0.15, 0.2) is 29.6 Å². The van der Waals surface area contributed by atoms with E-state index >= 15 is 0 Å². The fraction of sp³-hybridized carbons (Fsp3) is 0.500. The fourth-order valence-electron chi connectivity index (χ4n) is 3.44. The molecule has 1 saturated heterocycles. The van der Waals surface area contributed by atoms with Crippen LogP contribution in [-0.4, -0.2) is 61.7 Å². The molecule has 1 aliphatic rings. The van der Waals surface area contributed by atoms with Crippen molar-refractivity contribution in [3.8, 4) is 16.3 Å². The van der Waals surface area contributed by atoms with Crippen LogP contribution in [0.25, 0.3) is 10.6 Å². The van der Waals surface area contributed by atoms with Crippen LogP contribution in [-0.2, 0) is 9.53 Å². The molecule has 3 rings (SSSR count). The van der Waals surface area contributed by atoms with Crippen LogP contribution in [0.1, 0.15) is 36.7 Å². The molecule has 1 aromatic heterocycles. The molecule has 2 heterocycles. The SMILES string of the molecule is CCOc1ccc(-c2nc(C(=O)N3CCC(C(=O)NCCCOC)CC3)cs2)cc1. The van der Waals surface area contributed by atoms with Gasteiger partial charge in [-0.1, -0.05) is 0 Å². The van der Waals surface area contributed by atoms with Gasteiger partial charge in [0.1, 0.15) is 16.5 Å². The van der Waals surface area contributed by atoms with Gasteiger partial charge in [-0.15, -0.1) is 11.3 Å². The predicted octanol–water partition coefficient (Wildman–Crippen LogP) is 3.21. The highest BCUT2D eigenvalue weighted by Gasteiger charge is 2.28. The van der Waals surface area contributed by atoms with E-state index in [1.54, 1.807) is 12.0 Å². The van der Waals surface area contributed by atoms with Crippen molar-refractivity contribution in [2.45, 2.75) is 26.2 Å². The summed E-state index contributed by atoms with van der Waals surface area (Å²) in [6.07, 6.45) is 2.16. The number of benzene rings is 1. The maximum Gasteiger partial charge on any atom is 0.273 e. The molecule has 1 aromatic carbocycles. The first kappa shape index (κ1) is 22.2. The summed E-state index contributed by atoms with van der Waals surface area (Å²) in [4.78, 5) is 31.4. The first-order chi connectivity index (χ1) is 14.6. The number of aromatic nitrogens is 1. The molecule has 162 valence electrons. The van der Waals surface area contributed by atoms with E-state index in [9.17, 15) is 9.59 Å². The molecule has 0 atom stereocenters. The zero-order valence-corrected chi connectivity index (χ0v) is 18.4. The number of ether oxygens (including phenoxy) is 2. The van der Waals surface area contributed by atoms with Gasteiger partial charge in [0.15, 0.2) is 0 Å². The largest absolute Gasteiger partial charge is 0.494 e. The lowest BCUT2D eigenvalue weighted by Crippen LogP contribution is -2.43. The van der Waals surface area contributed by atoms with Crippen molar-refractivity contribution in [1.29, 1.82) is 0 Å². The van der Waals surface area contributed by atoms with Crippen LogP contribution >= 0.6 is 11.3 Å². The van der Waals surface area contributed by atoms with Crippen molar-refractivity contribution in [3.05, 3.63) is 35.3 Å². The third-order valence-corrected chi connectivity index (χ3v) is 6.00. The molecule has 2 aromatic rings. The average Bonchev–Trinajstić information content (AvgIpc) is 3.27. The molecular weight excluding hydrogens is 402 g/mol. The van der Waals surface area contributed by atoms with Crippen LogP contribution in [0.4, 0.5) is 0 Å². The first-order valence-electron chi connectivity index (χ1n) is 10.4. The smallest absolute Gasteiger partial charge is 0.273 e. The predicted molar refractivity (Wildman–Crippen MR) is 117 cm³/mol. The molecule has 0 radical (unpaired) electrons. The van der Waals surface area contributed by atoms with E-state index in [1.807, 2.05) is 36.6 Å². The fourth-order valence-corrected chi connectivity index (χ4v) is 4.24. The standard InChI is InChI=1S/C22H29N3O4S/c1-3-29-18-7-5-17(6-8-18)21-24-19(15-30-21)22(27)25-12-9-16(10-13-25)20(26)23-11-4-14-28-2/h5-8,15-16H,3-4,9-14H2,1-2H3,(H,23,26). The summed E-state index contributed by atoms with van der Waals surface area (Å²) < 4.78 is 10.5. The molecule has 1 aliphatic heterocycles. The number of nitrogens with one attached hydrogen (secondary N) is 1. The summed E-state index contributed by atoms with van der Waals surface area (Å²) in [6, 6.07) is 7.73. The van der Waals surface area contributed by atoms with Gasteiger partial charge < -0.3 is 19.7 Å². The molecule has 0 spiro atoms. The molecule has 1 N–H and O–H groups in total. The highest BCUT2D eigenvalue weighted by molar-refractivity contribution is 7.13. The van der Waals surface area contributed by atoms with Gasteiger partial charge in [0, 0.05) is 50.2 Å². The van der Waals surface area contributed by atoms with Crippen LogP contribution in [0.5, 0.6) is 5.75 Å². The van der Waals surface area contributed by atoms with Gasteiger partial charge in [-0.3, -0.25) is 9.59 Å². The third kappa shape index (κ3) is 5.79. The van der Waals surface area contributed by atoms with Gasteiger partial charge in [0.25, 0.3) is 5.91 Å². The van der Waals surface area contributed by atoms with Crippen molar-refractivity contribution < 1.29 is 19.1 Å². The van der Waals surface area contributed by atoms with E-state index in [0.29, 0.717) is 51.4 Å². The average molecular weight is 432 g/mol. The molecule has 30 heavy (non-hydrogen) atoms. The molecule has 0 bridgehead atoms. The number of likely N-dealkylation sites (tertiary alicyclic amines) is 1. The Morgan fingerprint density at radius 3 is 2.63 bits per heavy atom. The molecular formula is C22H29N3O4S. The zero-order valence-electron chi connectivity index (χ0n) is 17.6. The van der Waals surface area contributed by atoms with Crippen LogP contribution in [0.3, 0.4) is 0 Å². The molecule has 0 unspecified atom stereocenters. The Hall–Kier alpha value is -2.45. The van der Waals surface area contributed by atoms with Gasteiger partial charge in [-0.05, 0) is 50.5 Å². The molecule has 7 nitrogen and oxygen atoms in total. The summed E-state index contributed by atoms with van der Waals surface area (Å²) in [5, 5.41) is 5.57. The van der Waals surface area contributed by atoms with Crippen LogP contribution in [0, 0.1) is 5.92 Å². The Morgan fingerprint density at radius 2 is 1.97 bits per heavy atom. The third-order valence-electron chi connectivity index (χ3n) is 5.11. The Bertz CT molecular complexity index is 829. The number of hydrogen-bond acceptors (Lipinski definition) is 6. The quantitative estimate of drug-likeness (QED) is 0.617. The first-order valence-corrected chi connectivity index (χ1v) is 11.2. The normalized spacial score (nSPS) is 14.5. The van der Waals surface area contributed by atoms with Crippen molar-refractivity contribution in [2.24, 2.45) is 5.92 Å². The Balaban J connectivity index is 1.51. The van der Waals surface area contributed by atoms with E-state index < -0.39 is 0 Å². The van der Waals surface area contributed by atoms with E-state index in [4.69, 9.17) is 9.47 Å². The van der Waals surface area contributed by atoms with Gasteiger partial charge in [0.2, 0.25) is 5.91 Å². The number of carbonyl (C=O) groups excluding carboxylic acids is 2. The maximum absolute atomic E-state index is 12.8. The van der Waals surface area contributed by atoms with E-state index in [1.165, 1.54) is 11.3 Å². The maximum atomic E-state index is 12.8. The summed E-state index contributed by atoms with van der Waals surface area (Å²) >= 11 is 1.46. The van der Waals surface area contributed by atoms with Crippen molar-refractivity contribution in [2.75, 3.05) is 40.0 Å². The molecule has 0 saturated carbocycles. The Morgan fingerprint density at radius 1 is 1.23 bits per heavy atom. The summed E-state index contributed by atoms with van der Waals surface area (Å²) in [5.74, 6) is 0.790. The molecule has 8 heteroatoms. The van der Waals surface area contributed by atoms with Crippen molar-refractivity contribution >= 4 is 23.2 Å². The van der Waals surface area contributed by atoms with E-state index in [-0.39, 0.29) is 17.7 Å². The lowest BCUT2D eigenvalue weighted by atomic mass is 9.95. The summed E-state index contributed by atoms with van der Waals surface area (Å²) in [7, 11) is 1.65. The lowest BCUT2D eigenvalue weighted by Gasteiger charge is -2.30. The number of hydrogen-bond donors (Lipinski definition) is 1. The van der Waals surface area contributed by atoms with Crippen LogP contribution < -0.4 is 10.1 Å². The number of carbonyl (C=O) groups is 2. The second-order valence-electron chi connectivity index (χ2n) is 7.20. The van der Waals surface area contributed by atoms with Gasteiger partial charge in [0.05, 0.1) is 6.61 Å². The topological polar surface area (TPSA) is 80.8 Å². The van der Waals surface area contributed by atoms with Gasteiger partial charge in [-0.25, -0.2) is 4.98 Å². The number of rotatable bonds is 9. The number of amides is 2. The number of methoxy groups -OCH3 is 1. The summed E-state index contributed by atoms with van der Waals surface area (Å²) in [5.41, 5.74) is 1.43. The second-order valence-corrected chi connectivity index (χ2v) is 8.06. The summed E-state index contributed by atoms with van der Waals surface area (Å²) in [6.45, 7) is 4.99. The number of thiazole rings is 1. The van der Waals surface area contributed by atoms with Gasteiger partial charge in [-0.2, -0.15) is 0 Å². The minimum absolute atomic E-state index is 0.0357.